The number of rotatable bonds is 9. The number of alkyl halides is 5. The Hall–Kier alpha value is -1.96. The van der Waals surface area contributed by atoms with E-state index in [2.05, 4.69) is 11.7 Å². The van der Waals surface area contributed by atoms with Crippen LogP contribution in [-0.4, -0.2) is 27.5 Å². The molecule has 182 valence electrons. The van der Waals surface area contributed by atoms with Gasteiger partial charge in [-0.3, -0.25) is 0 Å². The predicted molar refractivity (Wildman–Crippen MR) is 121 cm³/mol. The summed E-state index contributed by atoms with van der Waals surface area (Å²) >= 11 is 0. The highest BCUT2D eigenvalue weighted by molar-refractivity contribution is 6.59. The van der Waals surface area contributed by atoms with Crippen LogP contribution in [0.4, 0.5) is 26.3 Å². The van der Waals surface area contributed by atoms with Crippen LogP contribution in [-0.2, 0) is 0 Å². The van der Waals surface area contributed by atoms with Gasteiger partial charge in [0, 0.05) is 8.80 Å². The Morgan fingerprint density at radius 3 is 2.12 bits per heavy atom. The Labute approximate surface area is 192 Å². The molecular formula is C25H30F6OSi. The summed E-state index contributed by atoms with van der Waals surface area (Å²) in [4.78, 5) is 0. The standard InChI is InChI=1S/C25H30F6OSi/c1-2-3-4-13-33-14-11-20(12-15-33)18-5-7-19(8-6-18)21-9-10-23(22(26)16-21)32-17-24(27,28)25(29,30)31/h5-10,16,20,33H,2-4,11-15,17H2,1H3/t20-,33-. The van der Waals surface area contributed by atoms with E-state index in [4.69, 9.17) is 0 Å². The lowest BCUT2D eigenvalue weighted by molar-refractivity contribution is -0.290. The molecule has 1 aliphatic rings. The Balaban J connectivity index is 1.58. The third-order valence-corrected chi connectivity index (χ3v) is 10.1. The average molecular weight is 489 g/mol. The second-order valence-electron chi connectivity index (χ2n) is 8.97. The van der Waals surface area contributed by atoms with E-state index in [1.165, 1.54) is 61.9 Å². The zero-order valence-corrected chi connectivity index (χ0v) is 19.9. The molecule has 2 aromatic carbocycles. The fourth-order valence-electron chi connectivity index (χ4n) is 4.46. The van der Waals surface area contributed by atoms with Crippen molar-refractivity contribution >= 4 is 8.80 Å². The van der Waals surface area contributed by atoms with Gasteiger partial charge in [0.25, 0.3) is 0 Å². The first-order chi connectivity index (χ1) is 15.6. The van der Waals surface area contributed by atoms with Gasteiger partial charge < -0.3 is 4.74 Å². The van der Waals surface area contributed by atoms with Gasteiger partial charge in [-0.1, -0.05) is 74.7 Å². The van der Waals surface area contributed by atoms with Crippen molar-refractivity contribution in [2.45, 2.75) is 75.2 Å². The zero-order chi connectivity index (χ0) is 24.1. The van der Waals surface area contributed by atoms with E-state index in [1.807, 2.05) is 24.3 Å². The first kappa shape index (κ1) is 25.7. The minimum atomic E-state index is -5.75. The second-order valence-corrected chi connectivity index (χ2v) is 12.4. The molecule has 1 heterocycles. The normalized spacial score (nSPS) is 19.5. The second kappa shape index (κ2) is 11.0. The Kier molecular flexibility index (Phi) is 8.53. The molecule has 0 amide bonds. The van der Waals surface area contributed by atoms with Gasteiger partial charge in [-0.15, -0.1) is 0 Å². The lowest BCUT2D eigenvalue weighted by Crippen LogP contribution is -2.41. The van der Waals surface area contributed by atoms with Crippen LogP contribution < -0.4 is 4.74 Å². The van der Waals surface area contributed by atoms with Crippen LogP contribution >= 0.6 is 0 Å². The molecule has 0 bridgehead atoms. The molecular weight excluding hydrogens is 458 g/mol. The van der Waals surface area contributed by atoms with Crippen LogP contribution in [0.3, 0.4) is 0 Å². The highest BCUT2D eigenvalue weighted by Gasteiger charge is 2.58. The van der Waals surface area contributed by atoms with E-state index >= 15 is 0 Å². The fraction of sp³-hybridized carbons (Fsp3) is 0.520. The van der Waals surface area contributed by atoms with E-state index in [0.29, 0.717) is 11.5 Å². The maximum atomic E-state index is 14.3. The molecule has 3 rings (SSSR count). The lowest BCUT2D eigenvalue weighted by atomic mass is 9.92. The molecule has 1 saturated heterocycles. The molecule has 33 heavy (non-hydrogen) atoms. The van der Waals surface area contributed by atoms with Crippen LogP contribution in [0.5, 0.6) is 5.75 Å². The summed E-state index contributed by atoms with van der Waals surface area (Å²) in [5, 5.41) is 0. The number of unbranched alkanes of at least 4 members (excludes halogenated alkanes) is 2. The summed E-state index contributed by atoms with van der Waals surface area (Å²) in [6, 6.07) is 15.7. The third-order valence-electron chi connectivity index (χ3n) is 6.53. The number of hydrogen-bond donors (Lipinski definition) is 0. The average Bonchev–Trinajstić information content (AvgIpc) is 2.78. The number of ether oxygens (including phenoxy) is 1. The fourth-order valence-corrected chi connectivity index (χ4v) is 7.94. The number of halogens is 6. The molecule has 0 saturated carbocycles. The Morgan fingerprint density at radius 2 is 1.55 bits per heavy atom. The number of benzene rings is 2. The molecule has 1 nitrogen and oxygen atoms in total. The van der Waals surface area contributed by atoms with Crippen molar-refractivity contribution < 1.29 is 31.1 Å². The minimum absolute atomic E-state index is 0.501. The Bertz CT molecular complexity index is 889. The van der Waals surface area contributed by atoms with E-state index in [0.717, 1.165) is 17.7 Å². The summed E-state index contributed by atoms with van der Waals surface area (Å²) in [5.41, 5.74) is 2.52. The molecule has 2 aromatic rings. The highest BCUT2D eigenvalue weighted by Crippen LogP contribution is 2.38. The molecule has 1 fully saturated rings. The van der Waals surface area contributed by atoms with E-state index < -0.39 is 39.1 Å². The lowest BCUT2D eigenvalue weighted by Gasteiger charge is -2.28. The molecule has 0 N–H and O–H groups in total. The maximum Gasteiger partial charge on any atom is 0.456 e. The largest absolute Gasteiger partial charge is 0.484 e. The summed E-state index contributed by atoms with van der Waals surface area (Å²) in [6.45, 7) is 0.268. The van der Waals surface area contributed by atoms with Crippen molar-refractivity contribution in [2.75, 3.05) is 6.61 Å². The van der Waals surface area contributed by atoms with Gasteiger partial charge in [0.15, 0.2) is 18.2 Å². The maximum absolute atomic E-state index is 14.3. The molecule has 1 aliphatic heterocycles. The van der Waals surface area contributed by atoms with Crippen LogP contribution in [0.25, 0.3) is 11.1 Å². The molecule has 0 aromatic heterocycles. The topological polar surface area (TPSA) is 9.23 Å². The third kappa shape index (κ3) is 6.77. The van der Waals surface area contributed by atoms with Crippen LogP contribution in [0, 0.1) is 5.82 Å². The Morgan fingerprint density at radius 1 is 0.909 bits per heavy atom. The molecule has 8 heteroatoms. The van der Waals surface area contributed by atoms with Gasteiger partial charge in [-0.05, 0) is 47.6 Å². The molecule has 0 aliphatic carbocycles. The predicted octanol–water partition coefficient (Wildman–Crippen LogP) is 8.36. The molecule has 0 radical (unpaired) electrons. The highest BCUT2D eigenvalue weighted by atomic mass is 28.3. The van der Waals surface area contributed by atoms with Crippen molar-refractivity contribution in [1.29, 1.82) is 0 Å². The molecule has 0 unspecified atom stereocenters. The molecule has 0 spiro atoms. The smallest absolute Gasteiger partial charge is 0.456 e. The van der Waals surface area contributed by atoms with Crippen LogP contribution in [0.2, 0.25) is 18.1 Å². The summed E-state index contributed by atoms with van der Waals surface area (Å²) in [5.74, 6) is -6.12. The first-order valence-electron chi connectivity index (χ1n) is 11.6. The van der Waals surface area contributed by atoms with E-state index in [9.17, 15) is 26.3 Å². The van der Waals surface area contributed by atoms with Crippen LogP contribution in [0.15, 0.2) is 42.5 Å². The minimum Gasteiger partial charge on any atom is -0.484 e. The van der Waals surface area contributed by atoms with Crippen molar-refractivity contribution in [1.82, 2.24) is 0 Å². The molecule has 0 atom stereocenters. The summed E-state index contributed by atoms with van der Waals surface area (Å²) < 4.78 is 81.5. The number of hydrogen-bond acceptors (Lipinski definition) is 1. The van der Waals surface area contributed by atoms with E-state index in [1.54, 1.807) is 0 Å². The van der Waals surface area contributed by atoms with Gasteiger partial charge in [0.05, 0.1) is 0 Å². The van der Waals surface area contributed by atoms with Gasteiger partial charge in [-0.25, -0.2) is 4.39 Å². The van der Waals surface area contributed by atoms with Gasteiger partial charge >= 0.3 is 12.1 Å². The quantitative estimate of drug-likeness (QED) is 0.196. The first-order valence-corrected chi connectivity index (χ1v) is 14.0. The van der Waals surface area contributed by atoms with E-state index in [-0.39, 0.29) is 0 Å². The van der Waals surface area contributed by atoms with Crippen molar-refractivity contribution in [3.63, 3.8) is 0 Å². The van der Waals surface area contributed by atoms with Crippen LogP contribution in [0.1, 0.15) is 50.5 Å². The SMILES string of the molecule is CCCCC[Si@H]1CC[C@H](c2ccc(-c3ccc(OCC(F)(F)C(F)(F)F)c(F)c3)cc2)CC1. The van der Waals surface area contributed by atoms with Crippen molar-refractivity contribution in [3.8, 4) is 16.9 Å². The summed E-state index contributed by atoms with van der Waals surface area (Å²) in [7, 11) is -0.579. The van der Waals surface area contributed by atoms with Gasteiger partial charge in [0.2, 0.25) is 0 Å². The zero-order valence-electron chi connectivity index (χ0n) is 18.7. The summed E-state index contributed by atoms with van der Waals surface area (Å²) in [6.07, 6.45) is 0.683. The van der Waals surface area contributed by atoms with Gasteiger partial charge in [0.1, 0.15) is 0 Å². The van der Waals surface area contributed by atoms with Gasteiger partial charge in [-0.2, -0.15) is 22.0 Å². The van der Waals surface area contributed by atoms with Crippen molar-refractivity contribution in [2.24, 2.45) is 0 Å². The van der Waals surface area contributed by atoms with Crippen molar-refractivity contribution in [3.05, 3.63) is 53.8 Å². The monoisotopic (exact) mass is 488 g/mol.